The van der Waals surface area contributed by atoms with E-state index in [4.69, 9.17) is 26.2 Å². The van der Waals surface area contributed by atoms with Crippen LogP contribution in [-0.2, 0) is 20.7 Å². The molecule has 0 saturated heterocycles. The molecule has 0 aliphatic heterocycles. The van der Waals surface area contributed by atoms with E-state index in [2.05, 4.69) is 10.6 Å². The Morgan fingerprint density at radius 2 is 1.75 bits per heavy atom. The summed E-state index contributed by atoms with van der Waals surface area (Å²) < 4.78 is 10.7. The second kappa shape index (κ2) is 10.9. The van der Waals surface area contributed by atoms with Gasteiger partial charge in [-0.2, -0.15) is 0 Å². The lowest BCUT2D eigenvalue weighted by molar-refractivity contribution is -0.141. The lowest BCUT2D eigenvalue weighted by atomic mass is 10.1. The highest BCUT2D eigenvalue weighted by Gasteiger charge is 2.22. The van der Waals surface area contributed by atoms with Crippen LogP contribution in [0.4, 0.5) is 4.79 Å². The normalized spacial score (nSPS) is 12.0. The molecule has 0 aliphatic carbocycles. The Balaban J connectivity index is 2.66. The second-order valence-corrected chi connectivity index (χ2v) is 5.35. The van der Waals surface area contributed by atoms with Crippen LogP contribution in [0.2, 0.25) is 5.02 Å². The van der Waals surface area contributed by atoms with E-state index in [0.717, 1.165) is 5.56 Å². The van der Waals surface area contributed by atoms with Crippen molar-refractivity contribution in [1.82, 2.24) is 10.6 Å². The summed E-state index contributed by atoms with van der Waals surface area (Å²) in [5, 5.41) is 14.4. The predicted molar refractivity (Wildman–Crippen MR) is 90.2 cm³/mol. The molecule has 0 aromatic heterocycles. The number of carbonyl (C=O) groups is 2. The third kappa shape index (κ3) is 7.63. The molecule has 0 unspecified atom stereocenters. The van der Waals surface area contributed by atoms with E-state index in [0.29, 0.717) is 18.2 Å². The van der Waals surface area contributed by atoms with Crippen LogP contribution in [-0.4, -0.2) is 49.2 Å². The van der Waals surface area contributed by atoms with E-state index in [-0.39, 0.29) is 13.0 Å². The Morgan fingerprint density at radius 3 is 2.25 bits per heavy atom. The summed E-state index contributed by atoms with van der Waals surface area (Å²) in [6.45, 7) is 4.68. The zero-order chi connectivity index (χ0) is 17.9. The minimum absolute atomic E-state index is 0.138. The van der Waals surface area contributed by atoms with E-state index in [1.165, 1.54) is 0 Å². The standard InChI is InChI=1S/C16H23ClN2O5/c1-3-23-14(24-4-2)10-18-15(20)13(19-16(21)22)9-11-5-7-12(17)8-6-11/h5-8,13-14,19H,3-4,9-10H2,1-2H3,(H,18,20)(H,21,22)/t13-/m0/s1. The summed E-state index contributed by atoms with van der Waals surface area (Å²) >= 11 is 5.82. The predicted octanol–water partition coefficient (Wildman–Crippen LogP) is 2.03. The van der Waals surface area contributed by atoms with E-state index < -0.39 is 24.3 Å². The largest absolute Gasteiger partial charge is 0.465 e. The molecule has 0 heterocycles. The molecule has 1 aromatic rings. The molecule has 7 nitrogen and oxygen atoms in total. The minimum Gasteiger partial charge on any atom is -0.465 e. The van der Waals surface area contributed by atoms with Gasteiger partial charge >= 0.3 is 6.09 Å². The fourth-order valence-corrected chi connectivity index (χ4v) is 2.19. The number of hydrogen-bond donors (Lipinski definition) is 3. The maximum absolute atomic E-state index is 12.3. The number of benzene rings is 1. The first kappa shape index (κ1) is 20.2. The van der Waals surface area contributed by atoms with Gasteiger partial charge in [-0.3, -0.25) is 4.79 Å². The zero-order valence-electron chi connectivity index (χ0n) is 13.8. The molecular formula is C16H23ClN2O5. The van der Waals surface area contributed by atoms with Crippen molar-refractivity contribution in [1.29, 1.82) is 0 Å². The average Bonchev–Trinajstić information content (AvgIpc) is 2.53. The molecule has 0 saturated carbocycles. The summed E-state index contributed by atoms with van der Waals surface area (Å²) in [7, 11) is 0. The molecule has 0 fully saturated rings. The molecule has 8 heteroatoms. The summed E-state index contributed by atoms with van der Waals surface area (Å²) in [5.74, 6) is -0.447. The molecule has 24 heavy (non-hydrogen) atoms. The van der Waals surface area contributed by atoms with Crippen LogP contribution < -0.4 is 10.6 Å². The van der Waals surface area contributed by atoms with Crippen LogP contribution in [0.15, 0.2) is 24.3 Å². The molecule has 1 aromatic carbocycles. The second-order valence-electron chi connectivity index (χ2n) is 4.92. The van der Waals surface area contributed by atoms with Crippen molar-refractivity contribution < 1.29 is 24.2 Å². The van der Waals surface area contributed by atoms with E-state index in [9.17, 15) is 9.59 Å². The van der Waals surface area contributed by atoms with Crippen molar-refractivity contribution in [2.75, 3.05) is 19.8 Å². The summed E-state index contributed by atoms with van der Waals surface area (Å²) in [4.78, 5) is 23.2. The van der Waals surface area contributed by atoms with Gasteiger partial charge in [0.2, 0.25) is 5.91 Å². The first-order chi connectivity index (χ1) is 11.5. The average molecular weight is 359 g/mol. The number of rotatable bonds is 10. The molecule has 134 valence electrons. The summed E-state index contributed by atoms with van der Waals surface area (Å²) in [6, 6.07) is 5.94. The number of halogens is 1. The highest BCUT2D eigenvalue weighted by Crippen LogP contribution is 2.11. The number of ether oxygens (including phenoxy) is 2. The number of carbonyl (C=O) groups excluding carboxylic acids is 1. The molecule has 3 N–H and O–H groups in total. The van der Waals surface area contributed by atoms with E-state index in [1.807, 2.05) is 13.8 Å². The highest BCUT2D eigenvalue weighted by molar-refractivity contribution is 6.30. The van der Waals surface area contributed by atoms with Gasteiger partial charge in [0.15, 0.2) is 6.29 Å². The van der Waals surface area contributed by atoms with Crippen LogP contribution in [0.3, 0.4) is 0 Å². The number of nitrogens with one attached hydrogen (secondary N) is 2. The van der Waals surface area contributed by atoms with Gasteiger partial charge in [0.1, 0.15) is 6.04 Å². The maximum Gasteiger partial charge on any atom is 0.405 e. The third-order valence-corrected chi connectivity index (χ3v) is 3.37. The Labute approximate surface area is 146 Å². The molecule has 1 rings (SSSR count). The monoisotopic (exact) mass is 358 g/mol. The van der Waals surface area contributed by atoms with Gasteiger partial charge in [0, 0.05) is 24.7 Å². The smallest absolute Gasteiger partial charge is 0.405 e. The van der Waals surface area contributed by atoms with E-state index in [1.54, 1.807) is 24.3 Å². The first-order valence-corrected chi connectivity index (χ1v) is 8.08. The fourth-order valence-electron chi connectivity index (χ4n) is 2.06. The maximum atomic E-state index is 12.3. The van der Waals surface area contributed by atoms with Crippen LogP contribution >= 0.6 is 11.6 Å². The Morgan fingerprint density at radius 1 is 1.17 bits per heavy atom. The van der Waals surface area contributed by atoms with Crippen molar-refractivity contribution in [3.8, 4) is 0 Å². The fraction of sp³-hybridized carbons (Fsp3) is 0.500. The molecule has 0 aliphatic rings. The van der Waals surface area contributed by atoms with Crippen molar-refractivity contribution in [3.63, 3.8) is 0 Å². The SMILES string of the molecule is CCOC(CNC(=O)[C@H](Cc1ccc(Cl)cc1)NC(=O)O)OCC. The van der Waals surface area contributed by atoms with Crippen molar-refractivity contribution >= 4 is 23.6 Å². The number of carboxylic acid groups (broad SMARTS) is 1. The van der Waals surface area contributed by atoms with Gasteiger partial charge in [-0.1, -0.05) is 23.7 Å². The van der Waals surface area contributed by atoms with Crippen molar-refractivity contribution in [3.05, 3.63) is 34.9 Å². The van der Waals surface area contributed by atoms with Gasteiger partial charge in [-0.25, -0.2) is 4.79 Å². The molecule has 0 radical (unpaired) electrons. The lowest BCUT2D eigenvalue weighted by Gasteiger charge is -2.20. The Hall–Kier alpha value is -1.83. The molecule has 0 bridgehead atoms. The zero-order valence-corrected chi connectivity index (χ0v) is 14.5. The van der Waals surface area contributed by atoms with Gasteiger partial charge < -0.3 is 25.2 Å². The summed E-state index contributed by atoms with van der Waals surface area (Å²) in [5.41, 5.74) is 0.791. The third-order valence-electron chi connectivity index (χ3n) is 3.12. The van der Waals surface area contributed by atoms with Crippen LogP contribution in [0.25, 0.3) is 0 Å². The summed E-state index contributed by atoms with van der Waals surface area (Å²) in [6.07, 6.45) is -1.62. The topological polar surface area (TPSA) is 96.9 Å². The van der Waals surface area contributed by atoms with Crippen molar-refractivity contribution in [2.24, 2.45) is 0 Å². The first-order valence-electron chi connectivity index (χ1n) is 7.71. The highest BCUT2D eigenvalue weighted by atomic mass is 35.5. The van der Waals surface area contributed by atoms with Gasteiger partial charge in [-0.05, 0) is 31.5 Å². The molecule has 1 atom stereocenters. The molecule has 2 amide bonds. The molecular weight excluding hydrogens is 336 g/mol. The van der Waals surface area contributed by atoms with Gasteiger partial charge in [0.05, 0.1) is 6.54 Å². The minimum atomic E-state index is -1.27. The van der Waals surface area contributed by atoms with Crippen LogP contribution in [0, 0.1) is 0 Å². The van der Waals surface area contributed by atoms with Crippen LogP contribution in [0.1, 0.15) is 19.4 Å². The number of amides is 2. The Kier molecular flexibility index (Phi) is 9.14. The van der Waals surface area contributed by atoms with Gasteiger partial charge in [0.25, 0.3) is 0 Å². The van der Waals surface area contributed by atoms with Crippen LogP contribution in [0.5, 0.6) is 0 Å². The van der Waals surface area contributed by atoms with E-state index >= 15 is 0 Å². The Bertz CT molecular complexity index is 518. The molecule has 0 spiro atoms. The lowest BCUT2D eigenvalue weighted by Crippen LogP contribution is -2.49. The number of hydrogen-bond acceptors (Lipinski definition) is 4. The van der Waals surface area contributed by atoms with Crippen molar-refractivity contribution in [2.45, 2.75) is 32.6 Å². The quantitative estimate of drug-likeness (QED) is 0.556. The van der Waals surface area contributed by atoms with Gasteiger partial charge in [-0.15, -0.1) is 0 Å².